The van der Waals surface area contributed by atoms with Crippen LogP contribution in [-0.2, 0) is 10.0 Å². The lowest BCUT2D eigenvalue weighted by atomic mass is 10.1. The molecule has 0 spiro atoms. The summed E-state index contributed by atoms with van der Waals surface area (Å²) in [5, 5.41) is 1.88. The monoisotopic (exact) mass is 321 g/mol. The Morgan fingerprint density at radius 3 is 2.23 bits per heavy atom. The Morgan fingerprint density at radius 1 is 0.955 bits per heavy atom. The molecule has 120 valence electrons. The minimum absolute atomic E-state index is 0.339. The predicted molar refractivity (Wildman–Crippen MR) is 89.8 cm³/mol. The summed E-state index contributed by atoms with van der Waals surface area (Å²) >= 11 is 0. The van der Waals surface area contributed by atoms with Crippen LogP contribution in [0.5, 0.6) is 5.75 Å². The van der Waals surface area contributed by atoms with Crippen molar-refractivity contribution in [3.05, 3.63) is 36.4 Å². The SMILES string of the molecule is CCCOc1ccc2cc(S(=O)(=O)N(CC)CC)ccc2c1. The van der Waals surface area contributed by atoms with Crippen LogP contribution in [0.25, 0.3) is 10.8 Å². The first-order valence-electron chi connectivity index (χ1n) is 7.69. The second-order valence-electron chi connectivity index (χ2n) is 5.11. The Kier molecular flexibility index (Phi) is 5.42. The normalized spacial score (nSPS) is 12.0. The zero-order valence-electron chi connectivity index (χ0n) is 13.4. The van der Waals surface area contributed by atoms with Crippen molar-refractivity contribution < 1.29 is 13.2 Å². The van der Waals surface area contributed by atoms with Crippen molar-refractivity contribution in [2.75, 3.05) is 19.7 Å². The van der Waals surface area contributed by atoms with Crippen molar-refractivity contribution in [2.24, 2.45) is 0 Å². The van der Waals surface area contributed by atoms with Gasteiger partial charge in [0, 0.05) is 13.1 Å². The summed E-state index contributed by atoms with van der Waals surface area (Å²) < 4.78 is 32.2. The lowest BCUT2D eigenvalue weighted by Crippen LogP contribution is -2.30. The van der Waals surface area contributed by atoms with E-state index in [-0.39, 0.29) is 0 Å². The maximum absolute atomic E-state index is 12.5. The molecule has 0 aromatic heterocycles. The fourth-order valence-corrected chi connectivity index (χ4v) is 3.88. The fourth-order valence-electron chi connectivity index (χ4n) is 2.38. The van der Waals surface area contributed by atoms with Gasteiger partial charge in [-0.15, -0.1) is 0 Å². The van der Waals surface area contributed by atoms with Crippen molar-refractivity contribution in [2.45, 2.75) is 32.1 Å². The average Bonchev–Trinajstić information content (AvgIpc) is 2.53. The maximum Gasteiger partial charge on any atom is 0.243 e. The molecule has 0 atom stereocenters. The van der Waals surface area contributed by atoms with Crippen LogP contribution < -0.4 is 4.74 Å². The van der Waals surface area contributed by atoms with Gasteiger partial charge in [-0.2, -0.15) is 4.31 Å². The summed E-state index contributed by atoms with van der Waals surface area (Å²) in [4.78, 5) is 0.339. The van der Waals surface area contributed by atoms with Crippen LogP contribution >= 0.6 is 0 Å². The standard InChI is InChI=1S/C17H23NO3S/c1-4-11-21-16-9-7-15-13-17(10-8-14(15)12-16)22(19,20)18(5-2)6-3/h7-10,12-13H,4-6,11H2,1-3H3. The summed E-state index contributed by atoms with van der Waals surface area (Å²) in [6, 6.07) is 11.0. The van der Waals surface area contributed by atoms with Gasteiger partial charge in [0.05, 0.1) is 11.5 Å². The van der Waals surface area contributed by atoms with Gasteiger partial charge in [0.15, 0.2) is 0 Å². The third-order valence-corrected chi connectivity index (χ3v) is 5.65. The van der Waals surface area contributed by atoms with E-state index >= 15 is 0 Å². The van der Waals surface area contributed by atoms with Gasteiger partial charge in [0.1, 0.15) is 5.75 Å². The number of sulfonamides is 1. The molecule has 2 aromatic rings. The van der Waals surface area contributed by atoms with E-state index in [1.807, 2.05) is 38.1 Å². The molecule has 0 radical (unpaired) electrons. The molecule has 0 aliphatic rings. The zero-order chi connectivity index (χ0) is 16.2. The Balaban J connectivity index is 2.39. The topological polar surface area (TPSA) is 46.6 Å². The molecule has 0 aliphatic heterocycles. The minimum atomic E-state index is -3.41. The molecule has 22 heavy (non-hydrogen) atoms. The number of hydrogen-bond donors (Lipinski definition) is 0. The molecule has 0 heterocycles. The van der Waals surface area contributed by atoms with E-state index in [2.05, 4.69) is 6.92 Å². The summed E-state index contributed by atoms with van der Waals surface area (Å²) in [7, 11) is -3.41. The molecule has 0 saturated carbocycles. The third-order valence-electron chi connectivity index (χ3n) is 3.60. The van der Waals surface area contributed by atoms with Crippen molar-refractivity contribution in [1.82, 2.24) is 4.31 Å². The van der Waals surface area contributed by atoms with Gasteiger partial charge in [-0.05, 0) is 41.5 Å². The van der Waals surface area contributed by atoms with Crippen LogP contribution in [0.4, 0.5) is 0 Å². The lowest BCUT2D eigenvalue weighted by molar-refractivity contribution is 0.318. The second kappa shape index (κ2) is 7.11. The van der Waals surface area contributed by atoms with E-state index in [9.17, 15) is 8.42 Å². The molecule has 2 rings (SSSR count). The molecule has 0 bridgehead atoms. The van der Waals surface area contributed by atoms with E-state index in [0.717, 1.165) is 22.9 Å². The van der Waals surface area contributed by atoms with Gasteiger partial charge < -0.3 is 4.74 Å². The summed E-state index contributed by atoms with van der Waals surface area (Å²) in [6.45, 7) is 7.38. The molecule has 4 nitrogen and oxygen atoms in total. The van der Waals surface area contributed by atoms with E-state index in [4.69, 9.17) is 4.74 Å². The van der Waals surface area contributed by atoms with Gasteiger partial charge in [-0.1, -0.05) is 32.9 Å². The molecule has 0 saturated heterocycles. The fraction of sp³-hybridized carbons (Fsp3) is 0.412. The minimum Gasteiger partial charge on any atom is -0.494 e. The number of ether oxygens (including phenoxy) is 1. The molecule has 0 N–H and O–H groups in total. The third kappa shape index (κ3) is 3.42. The molecule has 5 heteroatoms. The van der Waals surface area contributed by atoms with E-state index in [0.29, 0.717) is 24.6 Å². The first kappa shape index (κ1) is 16.8. The number of rotatable bonds is 7. The maximum atomic E-state index is 12.5. The Morgan fingerprint density at radius 2 is 1.59 bits per heavy atom. The highest BCUT2D eigenvalue weighted by Gasteiger charge is 2.21. The smallest absolute Gasteiger partial charge is 0.243 e. The number of nitrogens with zero attached hydrogens (tertiary/aromatic N) is 1. The van der Waals surface area contributed by atoms with Gasteiger partial charge in [0.25, 0.3) is 0 Å². The van der Waals surface area contributed by atoms with Gasteiger partial charge in [-0.3, -0.25) is 0 Å². The Bertz CT molecular complexity index is 737. The molecule has 0 unspecified atom stereocenters. The Hall–Kier alpha value is -1.59. The first-order chi connectivity index (χ1) is 10.5. The molecule has 2 aromatic carbocycles. The molecule has 0 aliphatic carbocycles. The highest BCUT2D eigenvalue weighted by atomic mass is 32.2. The summed E-state index contributed by atoms with van der Waals surface area (Å²) in [6.07, 6.45) is 0.957. The predicted octanol–water partition coefficient (Wildman–Crippen LogP) is 3.66. The van der Waals surface area contributed by atoms with Crippen molar-refractivity contribution >= 4 is 20.8 Å². The Labute approximate surface area is 132 Å². The summed E-state index contributed by atoms with van der Waals surface area (Å²) in [5.74, 6) is 0.814. The van der Waals surface area contributed by atoms with Gasteiger partial charge >= 0.3 is 0 Å². The lowest BCUT2D eigenvalue weighted by Gasteiger charge is -2.18. The number of hydrogen-bond acceptors (Lipinski definition) is 3. The second-order valence-corrected chi connectivity index (χ2v) is 7.05. The highest BCUT2D eigenvalue weighted by Crippen LogP contribution is 2.25. The number of benzene rings is 2. The highest BCUT2D eigenvalue weighted by molar-refractivity contribution is 7.89. The number of fused-ring (bicyclic) bond motifs is 1. The average molecular weight is 321 g/mol. The van der Waals surface area contributed by atoms with E-state index < -0.39 is 10.0 Å². The van der Waals surface area contributed by atoms with Gasteiger partial charge in [-0.25, -0.2) is 8.42 Å². The van der Waals surface area contributed by atoms with Crippen molar-refractivity contribution in [3.8, 4) is 5.75 Å². The van der Waals surface area contributed by atoms with Crippen LogP contribution in [0.1, 0.15) is 27.2 Å². The van der Waals surface area contributed by atoms with Gasteiger partial charge in [0.2, 0.25) is 10.0 Å². The van der Waals surface area contributed by atoms with Crippen molar-refractivity contribution in [1.29, 1.82) is 0 Å². The van der Waals surface area contributed by atoms with E-state index in [1.165, 1.54) is 4.31 Å². The molecular weight excluding hydrogens is 298 g/mol. The zero-order valence-corrected chi connectivity index (χ0v) is 14.2. The molecular formula is C17H23NO3S. The van der Waals surface area contributed by atoms with Crippen LogP contribution in [0.2, 0.25) is 0 Å². The largest absolute Gasteiger partial charge is 0.494 e. The quantitative estimate of drug-likeness (QED) is 0.782. The molecule has 0 amide bonds. The van der Waals surface area contributed by atoms with Crippen LogP contribution in [0, 0.1) is 0 Å². The van der Waals surface area contributed by atoms with Crippen LogP contribution in [-0.4, -0.2) is 32.4 Å². The summed E-state index contributed by atoms with van der Waals surface area (Å²) in [5.41, 5.74) is 0. The van der Waals surface area contributed by atoms with E-state index in [1.54, 1.807) is 12.1 Å². The van der Waals surface area contributed by atoms with Crippen LogP contribution in [0.15, 0.2) is 41.3 Å². The van der Waals surface area contributed by atoms with Crippen molar-refractivity contribution in [3.63, 3.8) is 0 Å². The van der Waals surface area contributed by atoms with Crippen LogP contribution in [0.3, 0.4) is 0 Å². The first-order valence-corrected chi connectivity index (χ1v) is 9.13. The molecule has 0 fully saturated rings.